The molecule has 1 aromatic carbocycles. The van der Waals surface area contributed by atoms with Gasteiger partial charge in [-0.2, -0.15) is 4.98 Å². The Morgan fingerprint density at radius 2 is 2.20 bits per heavy atom. The highest BCUT2D eigenvalue weighted by atomic mass is 79.9. The number of hydrogen-bond donors (Lipinski definition) is 0. The maximum absolute atomic E-state index is 5.76. The van der Waals surface area contributed by atoms with Crippen molar-refractivity contribution in [1.29, 1.82) is 0 Å². The van der Waals surface area contributed by atoms with E-state index < -0.39 is 0 Å². The van der Waals surface area contributed by atoms with Crippen LogP contribution < -0.4 is 0 Å². The number of oxazole rings is 1. The van der Waals surface area contributed by atoms with Crippen LogP contribution in [0.5, 0.6) is 0 Å². The van der Waals surface area contributed by atoms with E-state index in [1.807, 2.05) is 53.8 Å². The second-order valence-corrected chi connectivity index (χ2v) is 5.04. The normalized spacial score (nSPS) is 12.8. The summed E-state index contributed by atoms with van der Waals surface area (Å²) in [7, 11) is 0. The Labute approximate surface area is 125 Å². The SMILES string of the molecule is C=C/C(=C\C=C/C)c1nc2oc3ccccc3n2c1Br. The molecule has 0 saturated carbocycles. The van der Waals surface area contributed by atoms with E-state index in [9.17, 15) is 0 Å². The monoisotopic (exact) mass is 328 g/mol. The van der Waals surface area contributed by atoms with Crippen LogP contribution in [0.25, 0.3) is 22.5 Å². The number of benzene rings is 1. The predicted octanol–water partition coefficient (Wildman–Crippen LogP) is 4.99. The van der Waals surface area contributed by atoms with Gasteiger partial charge in [-0.25, -0.2) is 0 Å². The van der Waals surface area contributed by atoms with Gasteiger partial charge in [-0.1, -0.05) is 43.0 Å². The first-order chi connectivity index (χ1) is 9.76. The van der Waals surface area contributed by atoms with Gasteiger partial charge in [0.05, 0.1) is 5.52 Å². The average Bonchev–Trinajstić information content (AvgIpc) is 2.97. The topological polar surface area (TPSA) is 30.4 Å². The number of para-hydroxylation sites is 2. The third kappa shape index (κ3) is 1.93. The summed E-state index contributed by atoms with van der Waals surface area (Å²) < 4.78 is 8.58. The number of aromatic nitrogens is 2. The minimum absolute atomic E-state index is 0.571. The highest BCUT2D eigenvalue weighted by molar-refractivity contribution is 9.10. The fourth-order valence-corrected chi connectivity index (χ4v) is 2.77. The third-order valence-corrected chi connectivity index (χ3v) is 3.79. The van der Waals surface area contributed by atoms with Gasteiger partial charge in [-0.15, -0.1) is 0 Å². The first kappa shape index (κ1) is 12.9. The molecule has 0 bridgehead atoms. The highest BCUT2D eigenvalue weighted by Gasteiger charge is 2.17. The van der Waals surface area contributed by atoms with Crippen molar-refractivity contribution >= 4 is 38.4 Å². The summed E-state index contributed by atoms with van der Waals surface area (Å²) in [5, 5.41) is 0. The summed E-state index contributed by atoms with van der Waals surface area (Å²) in [6, 6.07) is 7.86. The lowest BCUT2D eigenvalue weighted by molar-refractivity contribution is 0.641. The van der Waals surface area contributed by atoms with Crippen LogP contribution in [-0.4, -0.2) is 9.38 Å². The molecule has 0 aliphatic rings. The van der Waals surface area contributed by atoms with E-state index in [0.717, 1.165) is 27.0 Å². The van der Waals surface area contributed by atoms with Crippen molar-refractivity contribution in [3.8, 4) is 0 Å². The lowest BCUT2D eigenvalue weighted by Crippen LogP contribution is -1.84. The third-order valence-electron chi connectivity index (χ3n) is 3.06. The van der Waals surface area contributed by atoms with Crippen molar-refractivity contribution in [2.24, 2.45) is 0 Å². The number of hydrogen-bond acceptors (Lipinski definition) is 2. The molecule has 0 unspecified atom stereocenters. The van der Waals surface area contributed by atoms with E-state index in [-0.39, 0.29) is 0 Å². The number of nitrogens with zero attached hydrogens (tertiary/aromatic N) is 2. The van der Waals surface area contributed by atoms with Crippen LogP contribution in [0, 0.1) is 0 Å². The Hall–Kier alpha value is -2.07. The summed E-state index contributed by atoms with van der Waals surface area (Å²) >= 11 is 3.61. The van der Waals surface area contributed by atoms with Gasteiger partial charge in [0.25, 0.3) is 0 Å². The molecule has 0 atom stereocenters. The van der Waals surface area contributed by atoms with Crippen LogP contribution >= 0.6 is 15.9 Å². The standard InChI is InChI=1S/C16H13BrN2O/c1-3-5-8-11(4-2)14-15(17)19-12-9-6-7-10-13(12)20-16(19)18-14/h3-10H,2H2,1H3/b5-3-,11-8+. The number of imidazole rings is 1. The summed E-state index contributed by atoms with van der Waals surface area (Å²) in [6.07, 6.45) is 7.69. The largest absolute Gasteiger partial charge is 0.423 e. The molecule has 2 aromatic heterocycles. The number of allylic oxidation sites excluding steroid dienone is 5. The van der Waals surface area contributed by atoms with Gasteiger partial charge in [-0.3, -0.25) is 4.40 Å². The number of fused-ring (bicyclic) bond motifs is 3. The van der Waals surface area contributed by atoms with Crippen molar-refractivity contribution in [2.75, 3.05) is 0 Å². The van der Waals surface area contributed by atoms with E-state index in [2.05, 4.69) is 27.5 Å². The molecular weight excluding hydrogens is 316 g/mol. The fourth-order valence-electron chi connectivity index (χ4n) is 2.11. The van der Waals surface area contributed by atoms with E-state index >= 15 is 0 Å². The molecule has 100 valence electrons. The molecule has 3 rings (SSSR count). The minimum atomic E-state index is 0.571. The second kappa shape index (κ2) is 5.13. The molecule has 0 aliphatic heterocycles. The van der Waals surface area contributed by atoms with Crippen molar-refractivity contribution in [1.82, 2.24) is 9.38 Å². The predicted molar refractivity (Wildman–Crippen MR) is 85.7 cm³/mol. The highest BCUT2D eigenvalue weighted by Crippen LogP contribution is 2.31. The van der Waals surface area contributed by atoms with Gasteiger partial charge < -0.3 is 4.42 Å². The molecule has 0 fully saturated rings. The number of rotatable bonds is 3. The fraction of sp³-hybridized carbons (Fsp3) is 0.0625. The lowest BCUT2D eigenvalue weighted by Gasteiger charge is -1.98. The number of halogens is 1. The molecular formula is C16H13BrN2O. The van der Waals surface area contributed by atoms with Gasteiger partial charge in [-0.05, 0) is 35.0 Å². The average molecular weight is 329 g/mol. The van der Waals surface area contributed by atoms with Gasteiger partial charge in [0.15, 0.2) is 5.58 Å². The molecule has 4 heteroatoms. The maximum Gasteiger partial charge on any atom is 0.308 e. The summed E-state index contributed by atoms with van der Waals surface area (Å²) in [6.45, 7) is 5.82. The molecule has 0 spiro atoms. The molecule has 0 radical (unpaired) electrons. The maximum atomic E-state index is 5.76. The molecule has 3 aromatic rings. The van der Waals surface area contributed by atoms with E-state index in [1.165, 1.54) is 0 Å². The van der Waals surface area contributed by atoms with E-state index in [1.54, 1.807) is 6.08 Å². The summed E-state index contributed by atoms with van der Waals surface area (Å²) in [4.78, 5) is 4.55. The van der Waals surface area contributed by atoms with Crippen LogP contribution in [-0.2, 0) is 0 Å². The Morgan fingerprint density at radius 1 is 1.40 bits per heavy atom. The molecule has 20 heavy (non-hydrogen) atoms. The Bertz CT molecular complexity index is 852. The van der Waals surface area contributed by atoms with Crippen molar-refractivity contribution < 1.29 is 4.42 Å². The van der Waals surface area contributed by atoms with Crippen LogP contribution in [0.3, 0.4) is 0 Å². The Balaban J connectivity index is 2.28. The molecule has 0 aliphatic carbocycles. The summed E-state index contributed by atoms with van der Waals surface area (Å²) in [5.41, 5.74) is 3.57. The van der Waals surface area contributed by atoms with Gasteiger partial charge in [0, 0.05) is 5.57 Å². The Morgan fingerprint density at radius 3 is 2.95 bits per heavy atom. The zero-order valence-electron chi connectivity index (χ0n) is 11.0. The molecule has 3 nitrogen and oxygen atoms in total. The smallest absolute Gasteiger partial charge is 0.308 e. The van der Waals surface area contributed by atoms with Crippen LogP contribution in [0.15, 0.2) is 64.2 Å². The second-order valence-electron chi connectivity index (χ2n) is 4.29. The quantitative estimate of drug-likeness (QED) is 0.634. The zero-order valence-corrected chi connectivity index (χ0v) is 12.6. The molecule has 0 saturated heterocycles. The van der Waals surface area contributed by atoms with Crippen molar-refractivity contribution in [2.45, 2.75) is 6.92 Å². The Kier molecular flexibility index (Phi) is 3.32. The van der Waals surface area contributed by atoms with Gasteiger partial charge >= 0.3 is 5.84 Å². The van der Waals surface area contributed by atoms with Crippen LogP contribution in [0.1, 0.15) is 12.6 Å². The first-order valence-electron chi connectivity index (χ1n) is 6.27. The summed E-state index contributed by atoms with van der Waals surface area (Å²) in [5.74, 6) is 0.571. The molecule has 0 N–H and O–H groups in total. The van der Waals surface area contributed by atoms with Gasteiger partial charge in [0.1, 0.15) is 10.3 Å². The molecule has 2 heterocycles. The molecule has 0 amide bonds. The van der Waals surface area contributed by atoms with Crippen molar-refractivity contribution in [3.05, 3.63) is 65.4 Å². The van der Waals surface area contributed by atoms with E-state index in [4.69, 9.17) is 4.42 Å². The van der Waals surface area contributed by atoms with Crippen LogP contribution in [0.4, 0.5) is 0 Å². The zero-order chi connectivity index (χ0) is 14.1. The van der Waals surface area contributed by atoms with Crippen LogP contribution in [0.2, 0.25) is 0 Å². The minimum Gasteiger partial charge on any atom is -0.423 e. The lowest BCUT2D eigenvalue weighted by atomic mass is 10.2. The van der Waals surface area contributed by atoms with Gasteiger partial charge in [0.2, 0.25) is 0 Å². The first-order valence-corrected chi connectivity index (χ1v) is 7.07. The van der Waals surface area contributed by atoms with E-state index in [0.29, 0.717) is 5.84 Å². The van der Waals surface area contributed by atoms with Crippen molar-refractivity contribution in [3.63, 3.8) is 0 Å².